The molecule has 0 aliphatic rings. The topological polar surface area (TPSA) is 41.6 Å². The quantitative estimate of drug-likeness (QED) is 0.811. The summed E-state index contributed by atoms with van der Waals surface area (Å²) in [6, 6.07) is 13.1. The lowest BCUT2D eigenvalue weighted by Gasteiger charge is -2.16. The number of nitrogens with zero attached hydrogens (tertiary/aromatic N) is 1. The fraction of sp³-hybridized carbons (Fsp3) is 0.278. The maximum absolute atomic E-state index is 12.0. The van der Waals surface area contributed by atoms with Crippen LogP contribution in [0.3, 0.4) is 0 Å². The van der Waals surface area contributed by atoms with Gasteiger partial charge in [-0.3, -0.25) is 9.69 Å². The minimum Gasteiger partial charge on any atom is -0.497 e. The predicted octanol–water partition coefficient (Wildman–Crippen LogP) is 3.75. The van der Waals surface area contributed by atoms with Crippen molar-refractivity contribution in [2.45, 2.75) is 13.1 Å². The lowest BCUT2D eigenvalue weighted by molar-refractivity contribution is -0.122. The molecule has 0 aliphatic heterocycles. The van der Waals surface area contributed by atoms with Gasteiger partial charge in [-0.05, 0) is 42.4 Å². The van der Waals surface area contributed by atoms with E-state index in [0.29, 0.717) is 29.7 Å². The van der Waals surface area contributed by atoms with Gasteiger partial charge in [0, 0.05) is 13.1 Å². The molecule has 0 atom stereocenters. The summed E-state index contributed by atoms with van der Waals surface area (Å²) in [4.78, 5) is 14.0. The fourth-order valence-electron chi connectivity index (χ4n) is 2.25. The normalized spacial score (nSPS) is 10.7. The van der Waals surface area contributed by atoms with E-state index >= 15 is 0 Å². The van der Waals surface area contributed by atoms with Crippen LogP contribution in [-0.2, 0) is 17.9 Å². The van der Waals surface area contributed by atoms with E-state index in [1.165, 1.54) is 0 Å². The van der Waals surface area contributed by atoms with E-state index in [1.54, 1.807) is 13.2 Å². The molecule has 0 saturated heterocycles. The number of methoxy groups -OCH3 is 1. The summed E-state index contributed by atoms with van der Waals surface area (Å²) >= 11 is 11.9. The summed E-state index contributed by atoms with van der Waals surface area (Å²) in [5, 5.41) is 3.95. The smallest absolute Gasteiger partial charge is 0.234 e. The molecule has 0 bridgehead atoms. The Morgan fingerprint density at radius 2 is 1.75 bits per heavy atom. The van der Waals surface area contributed by atoms with Gasteiger partial charge in [-0.15, -0.1) is 0 Å². The van der Waals surface area contributed by atoms with Crippen molar-refractivity contribution in [3.05, 3.63) is 63.6 Å². The molecule has 24 heavy (non-hydrogen) atoms. The highest BCUT2D eigenvalue weighted by molar-refractivity contribution is 6.42. The highest BCUT2D eigenvalue weighted by Gasteiger charge is 2.08. The Hall–Kier alpha value is -1.75. The third-order valence-corrected chi connectivity index (χ3v) is 4.24. The summed E-state index contributed by atoms with van der Waals surface area (Å²) in [7, 11) is 3.51. The first-order chi connectivity index (χ1) is 11.5. The second kappa shape index (κ2) is 8.92. The van der Waals surface area contributed by atoms with Gasteiger partial charge in [0.05, 0.1) is 23.7 Å². The molecule has 2 aromatic carbocycles. The number of amides is 1. The molecule has 0 aliphatic carbocycles. The van der Waals surface area contributed by atoms with Crippen molar-refractivity contribution in [2.75, 3.05) is 20.7 Å². The number of carbonyl (C=O) groups excluding carboxylic acids is 1. The molecule has 6 heteroatoms. The van der Waals surface area contributed by atoms with Crippen LogP contribution >= 0.6 is 23.2 Å². The lowest BCUT2D eigenvalue weighted by Crippen LogP contribution is -2.34. The second-order valence-electron chi connectivity index (χ2n) is 5.55. The monoisotopic (exact) mass is 366 g/mol. The van der Waals surface area contributed by atoms with Gasteiger partial charge < -0.3 is 10.1 Å². The van der Waals surface area contributed by atoms with Crippen LogP contribution in [0.15, 0.2) is 42.5 Å². The molecule has 0 aromatic heterocycles. The van der Waals surface area contributed by atoms with Crippen molar-refractivity contribution in [1.29, 1.82) is 0 Å². The predicted molar refractivity (Wildman–Crippen MR) is 97.6 cm³/mol. The van der Waals surface area contributed by atoms with E-state index in [0.717, 1.165) is 16.9 Å². The summed E-state index contributed by atoms with van der Waals surface area (Å²) < 4.78 is 5.11. The molecule has 0 heterocycles. The van der Waals surface area contributed by atoms with Gasteiger partial charge in [-0.25, -0.2) is 0 Å². The van der Waals surface area contributed by atoms with Gasteiger partial charge in [0.25, 0.3) is 0 Å². The number of hydrogen-bond donors (Lipinski definition) is 1. The van der Waals surface area contributed by atoms with E-state index in [4.69, 9.17) is 27.9 Å². The molecule has 128 valence electrons. The first-order valence-corrected chi connectivity index (χ1v) is 8.25. The van der Waals surface area contributed by atoms with Crippen LogP contribution in [0, 0.1) is 0 Å². The molecule has 0 saturated carbocycles. The number of ether oxygens (including phenoxy) is 1. The highest BCUT2D eigenvalue weighted by Crippen LogP contribution is 2.23. The van der Waals surface area contributed by atoms with Crippen LogP contribution in [0.25, 0.3) is 0 Å². The molecule has 1 amide bonds. The molecule has 1 N–H and O–H groups in total. The number of hydrogen-bond acceptors (Lipinski definition) is 3. The Labute approximate surface area is 152 Å². The first-order valence-electron chi connectivity index (χ1n) is 7.50. The standard InChI is InChI=1S/C18H20Cl2N2O2/c1-22(11-14-5-8-16(19)17(20)9-14)12-18(23)21-10-13-3-6-15(24-2)7-4-13/h3-9H,10-12H2,1-2H3,(H,21,23). The molecule has 0 radical (unpaired) electrons. The number of rotatable bonds is 7. The number of carbonyl (C=O) groups is 1. The largest absolute Gasteiger partial charge is 0.497 e. The Bertz CT molecular complexity index is 690. The average Bonchev–Trinajstić information content (AvgIpc) is 2.56. The molecule has 4 nitrogen and oxygen atoms in total. The number of benzene rings is 2. The van der Waals surface area contributed by atoms with Crippen molar-refractivity contribution in [2.24, 2.45) is 0 Å². The van der Waals surface area contributed by atoms with Crippen LogP contribution in [0.1, 0.15) is 11.1 Å². The molecular weight excluding hydrogens is 347 g/mol. The number of halogens is 2. The van der Waals surface area contributed by atoms with E-state index in [1.807, 2.05) is 48.3 Å². The zero-order valence-corrected chi connectivity index (χ0v) is 15.2. The van der Waals surface area contributed by atoms with E-state index < -0.39 is 0 Å². The van der Waals surface area contributed by atoms with Gasteiger partial charge in [0.1, 0.15) is 5.75 Å². The van der Waals surface area contributed by atoms with Gasteiger partial charge >= 0.3 is 0 Å². The SMILES string of the molecule is COc1ccc(CNC(=O)CN(C)Cc2ccc(Cl)c(Cl)c2)cc1. The molecule has 0 fully saturated rings. The Balaban J connectivity index is 1.79. The van der Waals surface area contributed by atoms with Crippen molar-refractivity contribution >= 4 is 29.1 Å². The summed E-state index contributed by atoms with van der Waals surface area (Å²) in [6.45, 7) is 1.41. The molecule has 2 rings (SSSR count). The Morgan fingerprint density at radius 1 is 1.08 bits per heavy atom. The van der Waals surface area contributed by atoms with Crippen molar-refractivity contribution in [3.8, 4) is 5.75 Å². The maximum atomic E-state index is 12.0. The second-order valence-corrected chi connectivity index (χ2v) is 6.36. The third-order valence-electron chi connectivity index (χ3n) is 3.50. The Kier molecular flexibility index (Phi) is 6.91. The molecular formula is C18H20Cl2N2O2. The van der Waals surface area contributed by atoms with Gasteiger partial charge in [-0.1, -0.05) is 41.4 Å². The van der Waals surface area contributed by atoms with Crippen molar-refractivity contribution in [1.82, 2.24) is 10.2 Å². The maximum Gasteiger partial charge on any atom is 0.234 e. The van der Waals surface area contributed by atoms with Crippen LogP contribution < -0.4 is 10.1 Å². The minimum absolute atomic E-state index is 0.0339. The fourth-order valence-corrected chi connectivity index (χ4v) is 2.57. The molecule has 2 aromatic rings. The third kappa shape index (κ3) is 5.71. The van der Waals surface area contributed by atoms with Crippen LogP contribution in [0.5, 0.6) is 5.75 Å². The Morgan fingerprint density at radius 3 is 2.38 bits per heavy atom. The number of likely N-dealkylation sites (N-methyl/N-ethyl adjacent to an activating group) is 1. The van der Waals surface area contributed by atoms with Crippen LogP contribution in [0.2, 0.25) is 10.0 Å². The van der Waals surface area contributed by atoms with Gasteiger partial charge in [0.15, 0.2) is 0 Å². The average molecular weight is 367 g/mol. The summed E-state index contributed by atoms with van der Waals surface area (Å²) in [5.41, 5.74) is 2.03. The zero-order valence-electron chi connectivity index (χ0n) is 13.7. The minimum atomic E-state index is -0.0339. The van der Waals surface area contributed by atoms with Crippen molar-refractivity contribution < 1.29 is 9.53 Å². The van der Waals surface area contributed by atoms with E-state index in [9.17, 15) is 4.79 Å². The van der Waals surface area contributed by atoms with Gasteiger partial charge in [-0.2, -0.15) is 0 Å². The zero-order chi connectivity index (χ0) is 17.5. The summed E-state index contributed by atoms with van der Waals surface area (Å²) in [5.74, 6) is 0.764. The van der Waals surface area contributed by atoms with Crippen LogP contribution in [-0.4, -0.2) is 31.5 Å². The summed E-state index contributed by atoms with van der Waals surface area (Å²) in [6.07, 6.45) is 0. The molecule has 0 unspecified atom stereocenters. The van der Waals surface area contributed by atoms with E-state index in [-0.39, 0.29) is 5.91 Å². The highest BCUT2D eigenvalue weighted by atomic mass is 35.5. The van der Waals surface area contributed by atoms with Gasteiger partial charge in [0.2, 0.25) is 5.91 Å². The first kappa shape index (κ1) is 18.6. The van der Waals surface area contributed by atoms with E-state index in [2.05, 4.69) is 5.32 Å². The molecule has 0 spiro atoms. The lowest BCUT2D eigenvalue weighted by atomic mass is 10.2. The number of nitrogens with one attached hydrogen (secondary N) is 1. The van der Waals surface area contributed by atoms with Crippen molar-refractivity contribution in [3.63, 3.8) is 0 Å². The van der Waals surface area contributed by atoms with Crippen LogP contribution in [0.4, 0.5) is 0 Å².